The molecular weight excluding hydrogens is 287 g/mol. The fraction of sp³-hybridized carbons (Fsp3) is 1.00. The van der Waals surface area contributed by atoms with Gasteiger partial charge < -0.3 is 5.11 Å². The van der Waals surface area contributed by atoms with Gasteiger partial charge >= 0.3 is 0 Å². The van der Waals surface area contributed by atoms with E-state index in [1.807, 2.05) is 0 Å². The molecule has 0 aromatic heterocycles. The van der Waals surface area contributed by atoms with Gasteiger partial charge in [-0.15, -0.1) is 0 Å². The molecule has 3 aliphatic rings. The van der Waals surface area contributed by atoms with E-state index in [1.165, 1.54) is 44.9 Å². The molecule has 0 bridgehead atoms. The zero-order chi connectivity index (χ0) is 16.2. The average Bonchev–Trinajstić information content (AvgIpc) is 2.55. The molecule has 1 N–H and O–H groups in total. The minimum atomic E-state index is -0.569. The molecule has 3 fully saturated rings. The summed E-state index contributed by atoms with van der Waals surface area (Å²) < 4.78 is 14.7. The van der Waals surface area contributed by atoms with Crippen molar-refractivity contribution in [2.45, 2.75) is 103 Å². The van der Waals surface area contributed by atoms with Gasteiger partial charge in [0.05, 0.1) is 6.10 Å². The summed E-state index contributed by atoms with van der Waals surface area (Å²) in [5.74, 6) is 3.37. The Hall–Kier alpha value is -0.110. The highest BCUT2D eigenvalue weighted by Crippen LogP contribution is 2.43. The molecule has 0 aromatic rings. The molecule has 0 aliphatic heterocycles. The van der Waals surface area contributed by atoms with Crippen molar-refractivity contribution >= 4 is 0 Å². The molecule has 0 radical (unpaired) electrons. The summed E-state index contributed by atoms with van der Waals surface area (Å²) in [4.78, 5) is 0. The van der Waals surface area contributed by atoms with Gasteiger partial charge in [-0.2, -0.15) is 0 Å². The monoisotopic (exact) mass is 324 g/mol. The largest absolute Gasteiger partial charge is 0.393 e. The van der Waals surface area contributed by atoms with Gasteiger partial charge in [0, 0.05) is 0 Å². The van der Waals surface area contributed by atoms with E-state index in [0.29, 0.717) is 17.8 Å². The van der Waals surface area contributed by atoms with E-state index in [9.17, 15) is 9.50 Å². The van der Waals surface area contributed by atoms with Gasteiger partial charge in [-0.05, 0) is 74.5 Å². The van der Waals surface area contributed by atoms with Crippen LogP contribution in [0.2, 0.25) is 0 Å². The van der Waals surface area contributed by atoms with Crippen molar-refractivity contribution in [3.8, 4) is 0 Å². The summed E-state index contributed by atoms with van der Waals surface area (Å²) in [5, 5.41) is 9.65. The first-order valence-electron chi connectivity index (χ1n) is 10.4. The van der Waals surface area contributed by atoms with E-state index in [4.69, 9.17) is 0 Å². The summed E-state index contributed by atoms with van der Waals surface area (Å²) in [5.41, 5.74) is 0. The molecule has 3 aliphatic carbocycles. The number of alkyl halides is 1. The maximum Gasteiger partial charge on any atom is 0.103 e. The molecule has 3 rings (SSSR count). The molecule has 1 nitrogen and oxygen atoms in total. The number of aliphatic hydroxyl groups is 1. The Morgan fingerprint density at radius 3 is 2.04 bits per heavy atom. The smallest absolute Gasteiger partial charge is 0.103 e. The highest BCUT2D eigenvalue weighted by Gasteiger charge is 2.37. The lowest BCUT2D eigenvalue weighted by molar-refractivity contribution is 0.0329. The third-order valence-corrected chi connectivity index (χ3v) is 7.40. The van der Waals surface area contributed by atoms with Crippen molar-refractivity contribution in [2.24, 2.45) is 29.6 Å². The molecular formula is C21H37FO. The number of hydrogen-bond acceptors (Lipinski definition) is 1. The Kier molecular flexibility index (Phi) is 6.40. The molecule has 3 atom stereocenters. The van der Waals surface area contributed by atoms with Crippen LogP contribution in [0, 0.1) is 29.6 Å². The van der Waals surface area contributed by atoms with Crippen LogP contribution in [0.25, 0.3) is 0 Å². The first-order valence-corrected chi connectivity index (χ1v) is 10.4. The molecule has 3 saturated carbocycles. The Balaban J connectivity index is 1.38. The third-order valence-electron chi connectivity index (χ3n) is 7.40. The van der Waals surface area contributed by atoms with Crippen molar-refractivity contribution in [1.82, 2.24) is 0 Å². The Bertz CT molecular complexity index is 342. The first-order chi connectivity index (χ1) is 11.1. The van der Waals surface area contributed by atoms with Gasteiger partial charge in [-0.3, -0.25) is 0 Å². The molecule has 23 heavy (non-hydrogen) atoms. The number of hydrogen-bond donors (Lipinski definition) is 1. The molecule has 3 unspecified atom stereocenters. The zero-order valence-corrected chi connectivity index (χ0v) is 15.1. The lowest BCUT2D eigenvalue weighted by atomic mass is 9.68. The van der Waals surface area contributed by atoms with Crippen LogP contribution in [0.1, 0.15) is 90.4 Å². The summed E-state index contributed by atoms with van der Waals surface area (Å²) in [6.07, 6.45) is 14.7. The predicted octanol–water partition coefficient (Wildman–Crippen LogP) is 5.90. The molecule has 0 saturated heterocycles. The van der Waals surface area contributed by atoms with Crippen LogP contribution in [-0.2, 0) is 0 Å². The molecule has 0 spiro atoms. The fourth-order valence-electron chi connectivity index (χ4n) is 5.63. The maximum atomic E-state index is 14.7. The van der Waals surface area contributed by atoms with Gasteiger partial charge in [0.25, 0.3) is 0 Å². The van der Waals surface area contributed by atoms with Crippen molar-refractivity contribution in [3.63, 3.8) is 0 Å². The molecule has 2 heteroatoms. The highest BCUT2D eigenvalue weighted by atomic mass is 19.1. The van der Waals surface area contributed by atoms with Crippen molar-refractivity contribution in [1.29, 1.82) is 0 Å². The normalized spacial score (nSPS) is 45.8. The standard InChI is InChI=1S/C21H37FO/c1-15-2-4-16(5-3-15)6-7-17-8-13-20(21(22)14-17)18-9-11-19(23)12-10-18/h15-21,23H,2-14H2,1H3. The van der Waals surface area contributed by atoms with E-state index in [-0.39, 0.29) is 6.10 Å². The van der Waals surface area contributed by atoms with Crippen LogP contribution in [-0.4, -0.2) is 17.4 Å². The van der Waals surface area contributed by atoms with Gasteiger partial charge in [0.2, 0.25) is 0 Å². The van der Waals surface area contributed by atoms with E-state index in [2.05, 4.69) is 6.92 Å². The average molecular weight is 325 g/mol. The Morgan fingerprint density at radius 2 is 1.39 bits per heavy atom. The van der Waals surface area contributed by atoms with Crippen LogP contribution in [0.15, 0.2) is 0 Å². The van der Waals surface area contributed by atoms with E-state index >= 15 is 0 Å². The quantitative estimate of drug-likeness (QED) is 0.682. The van der Waals surface area contributed by atoms with Crippen LogP contribution >= 0.6 is 0 Å². The number of rotatable bonds is 4. The second-order valence-electron chi connectivity index (χ2n) is 9.13. The Morgan fingerprint density at radius 1 is 0.783 bits per heavy atom. The van der Waals surface area contributed by atoms with Crippen LogP contribution in [0.4, 0.5) is 4.39 Å². The van der Waals surface area contributed by atoms with E-state index < -0.39 is 6.17 Å². The first kappa shape index (κ1) is 17.7. The summed E-state index contributed by atoms with van der Waals surface area (Å²) in [6, 6.07) is 0. The van der Waals surface area contributed by atoms with E-state index in [1.54, 1.807) is 0 Å². The van der Waals surface area contributed by atoms with Crippen molar-refractivity contribution in [2.75, 3.05) is 0 Å². The van der Waals surface area contributed by atoms with Crippen molar-refractivity contribution < 1.29 is 9.50 Å². The molecule has 0 amide bonds. The van der Waals surface area contributed by atoms with Crippen LogP contribution in [0.3, 0.4) is 0 Å². The van der Waals surface area contributed by atoms with Gasteiger partial charge in [0.15, 0.2) is 0 Å². The minimum Gasteiger partial charge on any atom is -0.393 e. The highest BCUT2D eigenvalue weighted by molar-refractivity contribution is 4.87. The fourth-order valence-corrected chi connectivity index (χ4v) is 5.63. The summed E-state index contributed by atoms with van der Waals surface area (Å²) in [7, 11) is 0. The molecule has 134 valence electrons. The molecule has 0 aromatic carbocycles. The van der Waals surface area contributed by atoms with E-state index in [0.717, 1.165) is 50.4 Å². The third kappa shape index (κ3) is 4.94. The topological polar surface area (TPSA) is 20.2 Å². The lowest BCUT2D eigenvalue weighted by Crippen LogP contribution is -2.34. The van der Waals surface area contributed by atoms with Gasteiger partial charge in [0.1, 0.15) is 6.17 Å². The second kappa shape index (κ2) is 8.32. The zero-order valence-electron chi connectivity index (χ0n) is 15.1. The van der Waals surface area contributed by atoms with Crippen LogP contribution in [0.5, 0.6) is 0 Å². The summed E-state index contributed by atoms with van der Waals surface area (Å²) >= 11 is 0. The SMILES string of the molecule is CC1CCC(CCC2CCC(C3CCC(O)CC3)C(F)C2)CC1. The lowest BCUT2D eigenvalue weighted by Gasteiger charge is -2.39. The van der Waals surface area contributed by atoms with Crippen molar-refractivity contribution in [3.05, 3.63) is 0 Å². The maximum absolute atomic E-state index is 14.7. The van der Waals surface area contributed by atoms with Gasteiger partial charge in [-0.1, -0.05) is 45.4 Å². The molecule has 0 heterocycles. The number of aliphatic hydroxyl groups excluding tert-OH is 1. The van der Waals surface area contributed by atoms with Crippen LogP contribution < -0.4 is 0 Å². The second-order valence-corrected chi connectivity index (χ2v) is 9.13. The van der Waals surface area contributed by atoms with Gasteiger partial charge in [-0.25, -0.2) is 4.39 Å². The summed E-state index contributed by atoms with van der Waals surface area (Å²) in [6.45, 7) is 2.38. The predicted molar refractivity (Wildman–Crippen MR) is 94.0 cm³/mol. The number of halogens is 1. The Labute approximate surface area is 142 Å². The minimum absolute atomic E-state index is 0.112.